The summed E-state index contributed by atoms with van der Waals surface area (Å²) in [5.74, 6) is 4.23. The molecule has 2 aliphatic rings. The normalized spacial score (nSPS) is 16.5. The lowest BCUT2D eigenvalue weighted by Crippen LogP contribution is -2.35. The zero-order valence-electron chi connectivity index (χ0n) is 17.7. The molecule has 0 N–H and O–H groups in total. The summed E-state index contributed by atoms with van der Waals surface area (Å²) in [5.41, 5.74) is 4.71. The van der Waals surface area contributed by atoms with Crippen molar-refractivity contribution in [2.24, 2.45) is 0 Å². The molecule has 2 aromatic rings. The van der Waals surface area contributed by atoms with Crippen LogP contribution in [0.15, 0.2) is 30.6 Å². The van der Waals surface area contributed by atoms with E-state index in [2.05, 4.69) is 45.9 Å². The summed E-state index contributed by atoms with van der Waals surface area (Å²) in [4.78, 5) is 21.0. The fourth-order valence-electron chi connectivity index (χ4n) is 4.01. The standard InChI is InChI=1S/C17H21N.C8H5N2O.H/c1-2-14-7-8-15-9-11-18(12-10-16(15)13-14)17-5-3-4-6-17;1-3-8(11)7-5-9-6(2)4-10-7;/h1,7-8,13,17H,3-6,9-12H2;1,4-5H,2H2;. The Bertz CT molecular complexity index is 934. The predicted octanol–water partition coefficient (Wildman–Crippen LogP) is 3.60. The number of ketones is 1. The second kappa shape index (κ2) is 10.0. The molecule has 0 amide bonds. The highest BCUT2D eigenvalue weighted by atomic mass is 16.1. The highest BCUT2D eigenvalue weighted by molar-refractivity contribution is 6.07. The number of hydrogen-bond acceptors (Lipinski definition) is 4. The Hall–Kier alpha value is -2.95. The molecular formula is C25H27N3O. The molecule has 1 aromatic heterocycles. The van der Waals surface area contributed by atoms with Gasteiger partial charge in [0.25, 0.3) is 5.78 Å². The summed E-state index contributed by atoms with van der Waals surface area (Å²) >= 11 is 0. The van der Waals surface area contributed by atoms with Crippen molar-refractivity contribution in [3.05, 3.63) is 65.6 Å². The smallest absolute Gasteiger partial charge is 0.255 e. The molecular weight excluding hydrogens is 358 g/mol. The van der Waals surface area contributed by atoms with Crippen molar-refractivity contribution < 1.29 is 6.22 Å². The largest absolute Gasteiger partial charge is 0.300 e. The van der Waals surface area contributed by atoms with E-state index >= 15 is 0 Å². The second-order valence-corrected chi connectivity index (χ2v) is 7.47. The number of benzene rings is 1. The first-order valence-electron chi connectivity index (χ1n) is 10.1. The quantitative estimate of drug-likeness (QED) is 0.450. The first-order valence-corrected chi connectivity index (χ1v) is 10.1. The summed E-state index contributed by atoms with van der Waals surface area (Å²) in [5, 5.41) is 0. The van der Waals surface area contributed by atoms with E-state index in [0.717, 1.165) is 11.6 Å². The number of aromatic nitrogens is 2. The molecule has 1 fully saturated rings. The van der Waals surface area contributed by atoms with Crippen molar-refractivity contribution in [3.8, 4) is 24.7 Å². The van der Waals surface area contributed by atoms with Gasteiger partial charge in [-0.15, -0.1) is 12.8 Å². The Kier molecular flexibility index (Phi) is 7.17. The van der Waals surface area contributed by atoms with Gasteiger partial charge in [0.2, 0.25) is 0 Å². The first-order chi connectivity index (χ1) is 14.1. The lowest BCUT2D eigenvalue weighted by molar-refractivity contribution is 0.105. The van der Waals surface area contributed by atoms with E-state index in [1.165, 1.54) is 75.1 Å². The average Bonchev–Trinajstić information content (AvgIpc) is 3.21. The fraction of sp³-hybridized carbons (Fsp3) is 0.360. The molecule has 0 bridgehead atoms. The van der Waals surface area contributed by atoms with Gasteiger partial charge >= 0.3 is 0 Å². The van der Waals surface area contributed by atoms with Gasteiger partial charge in [0, 0.05) is 32.3 Å². The van der Waals surface area contributed by atoms with Gasteiger partial charge in [-0.3, -0.25) is 14.7 Å². The number of nitrogens with zero attached hydrogens (tertiary/aromatic N) is 3. The number of carbonyl (C=O) groups is 1. The number of Topliss-reactive ketones (excluding diaryl/α,β-unsaturated/α-hetero) is 1. The zero-order chi connectivity index (χ0) is 20.6. The van der Waals surface area contributed by atoms with Crippen LogP contribution in [-0.4, -0.2) is 39.8 Å². The van der Waals surface area contributed by atoms with Crippen molar-refractivity contribution in [1.82, 2.24) is 14.9 Å². The minimum Gasteiger partial charge on any atom is -0.300 e. The predicted molar refractivity (Wildman–Crippen MR) is 116 cm³/mol. The van der Waals surface area contributed by atoms with E-state index in [1.54, 1.807) is 0 Å². The van der Waals surface area contributed by atoms with Gasteiger partial charge in [0.05, 0.1) is 11.9 Å². The van der Waals surface area contributed by atoms with Gasteiger partial charge in [-0.05, 0) is 61.8 Å². The van der Waals surface area contributed by atoms with Crippen molar-refractivity contribution in [1.29, 1.82) is 0 Å². The second-order valence-electron chi connectivity index (χ2n) is 7.47. The average molecular weight is 386 g/mol. The molecule has 29 heavy (non-hydrogen) atoms. The van der Waals surface area contributed by atoms with E-state index in [9.17, 15) is 4.79 Å². The van der Waals surface area contributed by atoms with E-state index < -0.39 is 5.78 Å². The molecule has 0 saturated heterocycles. The Morgan fingerprint density at radius 1 is 1.10 bits per heavy atom. The van der Waals surface area contributed by atoms with Gasteiger partial charge in [-0.25, -0.2) is 4.98 Å². The van der Waals surface area contributed by atoms with Crippen LogP contribution in [-0.2, 0) is 12.8 Å². The van der Waals surface area contributed by atoms with Crippen LogP contribution in [0.25, 0.3) is 0 Å². The molecule has 148 valence electrons. The molecule has 1 aromatic carbocycles. The Labute approximate surface area is 175 Å². The van der Waals surface area contributed by atoms with Crippen LogP contribution in [0.3, 0.4) is 0 Å². The highest BCUT2D eigenvalue weighted by Crippen LogP contribution is 2.26. The van der Waals surface area contributed by atoms with Crippen molar-refractivity contribution in [2.75, 3.05) is 13.1 Å². The maximum Gasteiger partial charge on any atom is 0.255 e. The maximum absolute atomic E-state index is 10.8. The van der Waals surface area contributed by atoms with Crippen molar-refractivity contribution in [2.45, 2.75) is 44.6 Å². The van der Waals surface area contributed by atoms with E-state index in [4.69, 9.17) is 12.8 Å². The van der Waals surface area contributed by atoms with Crippen LogP contribution in [0, 0.1) is 31.6 Å². The number of hydrogen-bond donors (Lipinski definition) is 0. The van der Waals surface area contributed by atoms with Gasteiger partial charge in [0.15, 0.2) is 0 Å². The molecule has 0 spiro atoms. The highest BCUT2D eigenvalue weighted by Gasteiger charge is 2.24. The lowest BCUT2D eigenvalue weighted by atomic mass is 10.0. The summed E-state index contributed by atoms with van der Waals surface area (Å²) in [6.07, 6.45) is 21.1. The molecule has 4 rings (SSSR count). The summed E-state index contributed by atoms with van der Waals surface area (Å²) in [6, 6.07) is 7.40. The third-order valence-corrected chi connectivity index (χ3v) is 5.62. The Morgan fingerprint density at radius 3 is 2.45 bits per heavy atom. The molecule has 0 atom stereocenters. The Balaban J connectivity index is 0.000000232. The van der Waals surface area contributed by atoms with Crippen LogP contribution in [0.5, 0.6) is 0 Å². The monoisotopic (exact) mass is 385 g/mol. The third kappa shape index (κ3) is 5.53. The van der Waals surface area contributed by atoms with Gasteiger partial charge in [0.1, 0.15) is 5.69 Å². The van der Waals surface area contributed by atoms with Crippen LogP contribution < -0.4 is 0 Å². The summed E-state index contributed by atoms with van der Waals surface area (Å²) < 4.78 is 0. The van der Waals surface area contributed by atoms with Crippen molar-refractivity contribution in [3.63, 3.8) is 0 Å². The molecule has 0 unspecified atom stereocenters. The first kappa shape index (κ1) is 20.8. The molecule has 2 radical (unpaired) electrons. The van der Waals surface area contributed by atoms with E-state index in [1.807, 2.05) is 5.92 Å². The zero-order valence-corrected chi connectivity index (χ0v) is 16.7. The molecule has 1 aliphatic carbocycles. The van der Waals surface area contributed by atoms with Crippen molar-refractivity contribution >= 4 is 5.78 Å². The summed E-state index contributed by atoms with van der Waals surface area (Å²) in [6.45, 7) is 5.95. The van der Waals surface area contributed by atoms with Crippen LogP contribution >= 0.6 is 0 Å². The van der Waals surface area contributed by atoms with Crippen LogP contribution in [0.2, 0.25) is 0 Å². The molecule has 2 heterocycles. The lowest BCUT2D eigenvalue weighted by Gasteiger charge is -2.26. The molecule has 1 aliphatic heterocycles. The fourth-order valence-corrected chi connectivity index (χ4v) is 4.01. The van der Waals surface area contributed by atoms with E-state index in [0.29, 0.717) is 5.69 Å². The van der Waals surface area contributed by atoms with Gasteiger partial charge in [-0.2, -0.15) is 0 Å². The Morgan fingerprint density at radius 2 is 1.83 bits per heavy atom. The topological polar surface area (TPSA) is 46.1 Å². The third-order valence-electron chi connectivity index (χ3n) is 5.62. The number of fused-ring (bicyclic) bond motifs is 1. The molecule has 4 nitrogen and oxygen atoms in total. The minimum absolute atomic E-state index is 0. The summed E-state index contributed by atoms with van der Waals surface area (Å²) in [7, 11) is 0. The maximum atomic E-state index is 10.8. The van der Waals surface area contributed by atoms with Crippen LogP contribution in [0.1, 0.15) is 60.0 Å². The molecule has 1 saturated carbocycles. The SMILES string of the molecule is C#CC(=O)c1cnc([CH2])cn1.C#Cc1ccc2c(c1)CCN(C1CCCC1)CC2.[H]. The van der Waals surface area contributed by atoms with Crippen LogP contribution in [0.4, 0.5) is 0 Å². The minimum atomic E-state index is -0.461. The van der Waals surface area contributed by atoms with Gasteiger partial charge < -0.3 is 0 Å². The van der Waals surface area contributed by atoms with E-state index in [-0.39, 0.29) is 7.12 Å². The molecule has 4 heteroatoms. The van der Waals surface area contributed by atoms with Gasteiger partial charge in [-0.1, -0.05) is 24.8 Å². The number of carbonyl (C=O) groups excluding carboxylic acids is 1. The number of rotatable bonds is 2. The number of terminal acetylenes is 2.